The van der Waals surface area contributed by atoms with E-state index in [-0.39, 0.29) is 18.8 Å². The minimum Gasteiger partial charge on any atom is -0.372 e. The monoisotopic (exact) mass is 310 g/mol. The molecule has 0 aromatic heterocycles. The molecule has 2 nitrogen and oxygen atoms in total. The van der Waals surface area contributed by atoms with Gasteiger partial charge in [-0.05, 0) is 38.0 Å². The van der Waals surface area contributed by atoms with E-state index in [9.17, 15) is 13.2 Å². The van der Waals surface area contributed by atoms with Crippen molar-refractivity contribution in [3.05, 3.63) is 29.8 Å². The van der Waals surface area contributed by atoms with Crippen molar-refractivity contribution >= 4 is 18.1 Å². The van der Waals surface area contributed by atoms with Crippen LogP contribution in [0.4, 0.5) is 18.9 Å². The molecule has 0 saturated heterocycles. The minimum atomic E-state index is -4.14. The van der Waals surface area contributed by atoms with Crippen LogP contribution in [0.1, 0.15) is 38.3 Å². The molecule has 1 rings (SSSR count). The maximum absolute atomic E-state index is 12.1. The lowest BCUT2D eigenvalue weighted by molar-refractivity contribution is -0.136. The van der Waals surface area contributed by atoms with Crippen LogP contribution in [0.15, 0.2) is 24.3 Å². The Morgan fingerprint density at radius 3 is 2.00 bits per heavy atom. The number of alkyl halides is 3. The number of nitrogens with two attached hydrogens (primary N) is 1. The summed E-state index contributed by atoms with van der Waals surface area (Å²) in [5, 5.41) is 0. The summed E-state index contributed by atoms with van der Waals surface area (Å²) in [5.41, 5.74) is 7.60. The molecule has 1 aromatic carbocycles. The molecule has 116 valence electrons. The van der Waals surface area contributed by atoms with Crippen LogP contribution in [-0.4, -0.2) is 19.3 Å². The number of hydrogen-bond donors (Lipinski definition) is 1. The van der Waals surface area contributed by atoms with E-state index in [1.807, 2.05) is 24.3 Å². The molecule has 6 heteroatoms. The van der Waals surface area contributed by atoms with Crippen LogP contribution in [-0.2, 0) is 0 Å². The van der Waals surface area contributed by atoms with Gasteiger partial charge in [-0.15, -0.1) is 12.4 Å². The highest BCUT2D eigenvalue weighted by Crippen LogP contribution is 2.27. The van der Waals surface area contributed by atoms with Crippen LogP contribution >= 0.6 is 12.4 Å². The molecule has 0 spiro atoms. The van der Waals surface area contributed by atoms with Gasteiger partial charge in [0.2, 0.25) is 0 Å². The first-order valence-corrected chi connectivity index (χ1v) is 6.54. The molecule has 0 saturated carbocycles. The molecular weight excluding hydrogens is 289 g/mol. The van der Waals surface area contributed by atoms with Gasteiger partial charge >= 0.3 is 6.18 Å². The van der Waals surface area contributed by atoms with E-state index >= 15 is 0 Å². The molecule has 0 radical (unpaired) electrons. The van der Waals surface area contributed by atoms with Gasteiger partial charge in [0, 0.05) is 31.2 Å². The van der Waals surface area contributed by atoms with Gasteiger partial charge < -0.3 is 10.6 Å². The van der Waals surface area contributed by atoms with Gasteiger partial charge in [0.1, 0.15) is 0 Å². The van der Waals surface area contributed by atoms with Crippen molar-refractivity contribution < 1.29 is 13.2 Å². The molecule has 20 heavy (non-hydrogen) atoms. The Hall–Kier alpha value is -0.940. The van der Waals surface area contributed by atoms with Gasteiger partial charge in [-0.25, -0.2) is 0 Å². The Bertz CT molecular complexity index is 375. The second-order valence-electron chi connectivity index (χ2n) is 4.52. The summed E-state index contributed by atoms with van der Waals surface area (Å²) in [4.78, 5) is 2.17. The standard InChI is InChI=1S/C14H21F3N2.ClH/c1-3-19(4-2)12-7-5-11(6-8-12)13(18)9-10-14(15,16)17;/h5-8,13H,3-4,9-10,18H2,1-2H3;1H/t13-;/m1./s1. The summed E-state index contributed by atoms with van der Waals surface area (Å²) in [5.74, 6) is 0. The molecule has 2 N–H and O–H groups in total. The summed E-state index contributed by atoms with van der Waals surface area (Å²) in [6.07, 6.45) is -5.06. The van der Waals surface area contributed by atoms with Crippen LogP contribution in [0.5, 0.6) is 0 Å². The molecule has 0 fully saturated rings. The number of hydrogen-bond acceptors (Lipinski definition) is 2. The number of nitrogens with zero attached hydrogens (tertiary/aromatic N) is 1. The van der Waals surface area contributed by atoms with Crippen molar-refractivity contribution in [3.63, 3.8) is 0 Å². The highest BCUT2D eigenvalue weighted by molar-refractivity contribution is 5.85. The predicted octanol–water partition coefficient (Wildman–Crippen LogP) is 4.30. The maximum Gasteiger partial charge on any atom is 0.389 e. The van der Waals surface area contributed by atoms with Crippen LogP contribution in [0.2, 0.25) is 0 Å². The van der Waals surface area contributed by atoms with E-state index < -0.39 is 18.6 Å². The molecule has 0 aliphatic heterocycles. The SMILES string of the molecule is CCN(CC)c1ccc([C@H](N)CCC(F)(F)F)cc1.Cl. The molecule has 1 atom stereocenters. The third-order valence-corrected chi connectivity index (χ3v) is 3.19. The quantitative estimate of drug-likeness (QED) is 0.849. The molecule has 0 amide bonds. The van der Waals surface area contributed by atoms with Gasteiger partial charge in [0.25, 0.3) is 0 Å². The zero-order chi connectivity index (χ0) is 14.5. The van der Waals surface area contributed by atoms with E-state index in [1.54, 1.807) is 0 Å². The van der Waals surface area contributed by atoms with Crippen LogP contribution < -0.4 is 10.6 Å². The Morgan fingerprint density at radius 2 is 1.60 bits per heavy atom. The second kappa shape index (κ2) is 8.37. The lowest BCUT2D eigenvalue weighted by atomic mass is 10.0. The maximum atomic E-state index is 12.1. The van der Waals surface area contributed by atoms with Crippen molar-refractivity contribution in [1.82, 2.24) is 0 Å². The molecule has 0 aliphatic rings. The first kappa shape index (κ1) is 19.1. The van der Waals surface area contributed by atoms with E-state index in [1.165, 1.54) is 0 Å². The summed E-state index contributed by atoms with van der Waals surface area (Å²) < 4.78 is 36.4. The van der Waals surface area contributed by atoms with Crippen molar-refractivity contribution in [3.8, 4) is 0 Å². The Labute approximate surface area is 124 Å². The number of rotatable bonds is 6. The average molecular weight is 311 g/mol. The summed E-state index contributed by atoms with van der Waals surface area (Å²) >= 11 is 0. The first-order chi connectivity index (χ1) is 8.87. The molecule has 0 aliphatic carbocycles. The van der Waals surface area contributed by atoms with Gasteiger partial charge in [-0.2, -0.15) is 13.2 Å². The third kappa shape index (κ3) is 6.01. The summed E-state index contributed by atoms with van der Waals surface area (Å²) in [6.45, 7) is 5.92. The summed E-state index contributed by atoms with van der Waals surface area (Å²) in [6, 6.07) is 6.89. The number of anilines is 1. The smallest absolute Gasteiger partial charge is 0.372 e. The topological polar surface area (TPSA) is 29.3 Å². The van der Waals surface area contributed by atoms with E-state index in [4.69, 9.17) is 5.73 Å². The van der Waals surface area contributed by atoms with E-state index in [2.05, 4.69) is 18.7 Å². The average Bonchev–Trinajstić information content (AvgIpc) is 2.37. The fourth-order valence-electron chi connectivity index (χ4n) is 2.01. The van der Waals surface area contributed by atoms with Crippen LogP contribution in [0.3, 0.4) is 0 Å². The molecular formula is C14H22ClF3N2. The van der Waals surface area contributed by atoms with E-state index in [0.29, 0.717) is 0 Å². The largest absolute Gasteiger partial charge is 0.389 e. The van der Waals surface area contributed by atoms with E-state index in [0.717, 1.165) is 24.3 Å². The van der Waals surface area contributed by atoms with Crippen molar-refractivity contribution in [2.75, 3.05) is 18.0 Å². The van der Waals surface area contributed by atoms with Crippen LogP contribution in [0, 0.1) is 0 Å². The third-order valence-electron chi connectivity index (χ3n) is 3.19. The second-order valence-corrected chi connectivity index (χ2v) is 4.52. The zero-order valence-corrected chi connectivity index (χ0v) is 12.6. The van der Waals surface area contributed by atoms with Crippen molar-refractivity contribution in [1.29, 1.82) is 0 Å². The van der Waals surface area contributed by atoms with Gasteiger partial charge in [-0.3, -0.25) is 0 Å². The Balaban J connectivity index is 0.00000361. The molecule has 0 heterocycles. The minimum absolute atomic E-state index is 0. The zero-order valence-electron chi connectivity index (χ0n) is 11.8. The highest BCUT2D eigenvalue weighted by atomic mass is 35.5. The number of benzene rings is 1. The summed E-state index contributed by atoms with van der Waals surface area (Å²) in [7, 11) is 0. The predicted molar refractivity (Wildman–Crippen MR) is 79.5 cm³/mol. The van der Waals surface area contributed by atoms with Crippen molar-refractivity contribution in [2.45, 2.75) is 38.9 Å². The lowest BCUT2D eigenvalue weighted by Crippen LogP contribution is -2.22. The fraction of sp³-hybridized carbons (Fsp3) is 0.571. The van der Waals surface area contributed by atoms with Gasteiger partial charge in [0.15, 0.2) is 0 Å². The lowest BCUT2D eigenvalue weighted by Gasteiger charge is -2.22. The fourth-order valence-corrected chi connectivity index (χ4v) is 2.01. The first-order valence-electron chi connectivity index (χ1n) is 6.54. The molecule has 1 aromatic rings. The Morgan fingerprint density at radius 1 is 1.10 bits per heavy atom. The van der Waals surface area contributed by atoms with Crippen LogP contribution in [0.25, 0.3) is 0 Å². The number of halogens is 4. The highest BCUT2D eigenvalue weighted by Gasteiger charge is 2.27. The van der Waals surface area contributed by atoms with Crippen molar-refractivity contribution in [2.24, 2.45) is 5.73 Å². The Kier molecular flexibility index (Phi) is 7.98. The van der Waals surface area contributed by atoms with Gasteiger partial charge in [0.05, 0.1) is 0 Å². The molecule has 0 unspecified atom stereocenters. The van der Waals surface area contributed by atoms with Gasteiger partial charge in [-0.1, -0.05) is 12.1 Å². The normalized spacial score (nSPS) is 12.7. The molecule has 0 bridgehead atoms.